The Balaban J connectivity index is 1.60. The molecular weight excluding hydrogens is 378 g/mol. The van der Waals surface area contributed by atoms with Crippen molar-refractivity contribution in [1.29, 1.82) is 0 Å². The SMILES string of the molecule is C[C@H]1OCCN[C@@H]1C(=O)Nc1ncc(Cc2ccc(Br)cc2)s1. The summed E-state index contributed by atoms with van der Waals surface area (Å²) in [5, 5.41) is 6.68. The molecule has 1 saturated heterocycles. The fraction of sp³-hybridized carbons (Fsp3) is 0.375. The Bertz CT molecular complexity index is 674. The van der Waals surface area contributed by atoms with E-state index in [9.17, 15) is 4.79 Å². The normalized spacial score (nSPS) is 21.1. The number of anilines is 1. The number of halogens is 1. The monoisotopic (exact) mass is 395 g/mol. The summed E-state index contributed by atoms with van der Waals surface area (Å²) < 4.78 is 6.56. The molecule has 0 bridgehead atoms. The Labute approximate surface area is 147 Å². The maximum Gasteiger partial charge on any atom is 0.245 e. The first kappa shape index (κ1) is 16.6. The van der Waals surface area contributed by atoms with E-state index in [1.54, 1.807) is 0 Å². The highest BCUT2D eigenvalue weighted by Crippen LogP contribution is 2.22. The number of amides is 1. The lowest BCUT2D eigenvalue weighted by atomic mass is 10.1. The number of carbonyl (C=O) groups is 1. The predicted octanol–water partition coefficient (Wildman–Crippen LogP) is 2.81. The number of nitrogens with zero attached hydrogens (tertiary/aromatic N) is 1. The lowest BCUT2D eigenvalue weighted by Gasteiger charge is -2.28. The van der Waals surface area contributed by atoms with E-state index >= 15 is 0 Å². The highest BCUT2D eigenvalue weighted by Gasteiger charge is 2.28. The van der Waals surface area contributed by atoms with E-state index in [1.165, 1.54) is 16.9 Å². The molecule has 1 amide bonds. The van der Waals surface area contributed by atoms with Gasteiger partial charge in [0.15, 0.2) is 5.13 Å². The molecule has 1 fully saturated rings. The molecular formula is C16H18BrN3O2S. The van der Waals surface area contributed by atoms with Gasteiger partial charge in [0.25, 0.3) is 0 Å². The summed E-state index contributed by atoms with van der Waals surface area (Å²) in [4.78, 5) is 17.7. The van der Waals surface area contributed by atoms with Gasteiger partial charge in [-0.15, -0.1) is 11.3 Å². The molecule has 3 rings (SSSR count). The van der Waals surface area contributed by atoms with Crippen LogP contribution in [0, 0.1) is 0 Å². The Morgan fingerprint density at radius 2 is 2.26 bits per heavy atom. The summed E-state index contributed by atoms with van der Waals surface area (Å²) in [6, 6.07) is 7.87. The minimum absolute atomic E-state index is 0.0956. The van der Waals surface area contributed by atoms with Gasteiger partial charge in [0.2, 0.25) is 5.91 Å². The van der Waals surface area contributed by atoms with Crippen molar-refractivity contribution in [3.63, 3.8) is 0 Å². The zero-order valence-corrected chi connectivity index (χ0v) is 15.1. The van der Waals surface area contributed by atoms with Crippen molar-refractivity contribution >= 4 is 38.3 Å². The van der Waals surface area contributed by atoms with Gasteiger partial charge in [0.1, 0.15) is 6.04 Å². The number of aromatic nitrogens is 1. The molecule has 2 heterocycles. The number of morpholine rings is 1. The number of ether oxygens (including phenoxy) is 1. The number of hydrogen-bond acceptors (Lipinski definition) is 5. The standard InChI is InChI=1S/C16H18BrN3O2S/c1-10-14(18-6-7-22-10)15(21)20-16-19-9-13(23-16)8-11-2-4-12(17)5-3-11/h2-5,9-10,14,18H,6-8H2,1H3,(H,19,20,21)/t10-,14+/m1/s1. The van der Waals surface area contributed by atoms with Crippen LogP contribution in [0.15, 0.2) is 34.9 Å². The number of thiazole rings is 1. The summed E-state index contributed by atoms with van der Waals surface area (Å²) in [7, 11) is 0. The minimum Gasteiger partial charge on any atom is -0.375 e. The average Bonchev–Trinajstić information content (AvgIpc) is 2.97. The first-order valence-electron chi connectivity index (χ1n) is 7.47. The highest BCUT2D eigenvalue weighted by molar-refractivity contribution is 9.10. The number of carbonyl (C=O) groups excluding carboxylic acids is 1. The van der Waals surface area contributed by atoms with Gasteiger partial charge < -0.3 is 15.4 Å². The van der Waals surface area contributed by atoms with E-state index in [2.05, 4.69) is 43.7 Å². The molecule has 0 saturated carbocycles. The number of nitrogens with one attached hydrogen (secondary N) is 2. The fourth-order valence-corrected chi connectivity index (χ4v) is 3.57. The molecule has 23 heavy (non-hydrogen) atoms. The van der Waals surface area contributed by atoms with E-state index < -0.39 is 0 Å². The van der Waals surface area contributed by atoms with Crippen LogP contribution in [0.3, 0.4) is 0 Å². The quantitative estimate of drug-likeness (QED) is 0.835. The zero-order chi connectivity index (χ0) is 16.2. The lowest BCUT2D eigenvalue weighted by molar-refractivity contribution is -0.123. The molecule has 122 valence electrons. The highest BCUT2D eigenvalue weighted by atomic mass is 79.9. The van der Waals surface area contributed by atoms with Crippen LogP contribution in [0.1, 0.15) is 17.4 Å². The molecule has 1 aromatic carbocycles. The first-order valence-corrected chi connectivity index (χ1v) is 9.08. The van der Waals surface area contributed by atoms with E-state index in [0.717, 1.165) is 15.8 Å². The van der Waals surface area contributed by atoms with Crippen LogP contribution in [0.2, 0.25) is 0 Å². The molecule has 0 aliphatic carbocycles. The molecule has 2 atom stereocenters. The van der Waals surface area contributed by atoms with Gasteiger partial charge >= 0.3 is 0 Å². The lowest BCUT2D eigenvalue weighted by Crippen LogP contribution is -2.53. The van der Waals surface area contributed by atoms with Crippen LogP contribution in [-0.4, -0.2) is 36.2 Å². The summed E-state index contributed by atoms with van der Waals surface area (Å²) in [5.74, 6) is -0.0956. The van der Waals surface area contributed by atoms with Gasteiger partial charge in [-0.1, -0.05) is 28.1 Å². The number of benzene rings is 1. The van der Waals surface area contributed by atoms with Crippen LogP contribution in [0.25, 0.3) is 0 Å². The molecule has 1 aromatic heterocycles. The molecule has 0 unspecified atom stereocenters. The molecule has 0 spiro atoms. The van der Waals surface area contributed by atoms with Crippen LogP contribution < -0.4 is 10.6 Å². The molecule has 5 nitrogen and oxygen atoms in total. The number of rotatable bonds is 4. The van der Waals surface area contributed by atoms with E-state index in [-0.39, 0.29) is 18.1 Å². The van der Waals surface area contributed by atoms with Crippen molar-refractivity contribution < 1.29 is 9.53 Å². The van der Waals surface area contributed by atoms with Crippen molar-refractivity contribution in [2.45, 2.75) is 25.5 Å². The molecule has 2 N–H and O–H groups in total. The molecule has 7 heteroatoms. The summed E-state index contributed by atoms with van der Waals surface area (Å²) >= 11 is 4.93. The van der Waals surface area contributed by atoms with Crippen molar-refractivity contribution in [3.05, 3.63) is 45.4 Å². The smallest absolute Gasteiger partial charge is 0.245 e. The van der Waals surface area contributed by atoms with Gasteiger partial charge in [0.05, 0.1) is 12.7 Å². The van der Waals surface area contributed by atoms with Crippen LogP contribution in [-0.2, 0) is 16.0 Å². The van der Waals surface area contributed by atoms with Gasteiger partial charge in [-0.05, 0) is 24.6 Å². The van der Waals surface area contributed by atoms with Crippen molar-refractivity contribution in [2.24, 2.45) is 0 Å². The third kappa shape index (κ3) is 4.38. The largest absolute Gasteiger partial charge is 0.375 e. The van der Waals surface area contributed by atoms with Crippen LogP contribution in [0.4, 0.5) is 5.13 Å². The van der Waals surface area contributed by atoms with E-state index in [0.29, 0.717) is 18.3 Å². The Morgan fingerprint density at radius 1 is 1.48 bits per heavy atom. The fourth-order valence-electron chi connectivity index (χ4n) is 2.46. The number of hydrogen-bond donors (Lipinski definition) is 2. The molecule has 1 aliphatic heterocycles. The maximum absolute atomic E-state index is 12.3. The van der Waals surface area contributed by atoms with Crippen molar-refractivity contribution in [2.75, 3.05) is 18.5 Å². The van der Waals surface area contributed by atoms with Gasteiger partial charge in [-0.2, -0.15) is 0 Å². The minimum atomic E-state index is -0.331. The zero-order valence-electron chi connectivity index (χ0n) is 12.7. The summed E-state index contributed by atoms with van der Waals surface area (Å²) in [5.41, 5.74) is 1.21. The van der Waals surface area contributed by atoms with Crippen molar-refractivity contribution in [1.82, 2.24) is 10.3 Å². The molecule has 1 aliphatic rings. The van der Waals surface area contributed by atoms with Gasteiger partial charge in [0, 0.05) is 28.5 Å². The van der Waals surface area contributed by atoms with Gasteiger partial charge in [-0.3, -0.25) is 4.79 Å². The third-order valence-electron chi connectivity index (χ3n) is 3.67. The van der Waals surface area contributed by atoms with Crippen molar-refractivity contribution in [3.8, 4) is 0 Å². The second-order valence-corrected chi connectivity index (χ2v) is 7.46. The summed E-state index contributed by atoms with van der Waals surface area (Å²) in [6.07, 6.45) is 2.49. The van der Waals surface area contributed by atoms with Crippen LogP contribution >= 0.6 is 27.3 Å². The predicted molar refractivity (Wildman–Crippen MR) is 94.9 cm³/mol. The van der Waals surface area contributed by atoms with Crippen LogP contribution in [0.5, 0.6) is 0 Å². The summed E-state index contributed by atoms with van der Waals surface area (Å²) in [6.45, 7) is 3.23. The third-order valence-corrected chi connectivity index (χ3v) is 5.12. The molecule has 2 aromatic rings. The average molecular weight is 396 g/mol. The Hall–Kier alpha value is -1.28. The topological polar surface area (TPSA) is 63.2 Å². The Kier molecular flexibility index (Phi) is 5.42. The van der Waals surface area contributed by atoms with E-state index in [4.69, 9.17) is 4.74 Å². The van der Waals surface area contributed by atoms with Gasteiger partial charge in [-0.25, -0.2) is 4.98 Å². The second-order valence-electron chi connectivity index (χ2n) is 5.43. The molecule has 0 radical (unpaired) electrons. The second kappa shape index (κ2) is 7.53. The first-order chi connectivity index (χ1) is 11.1. The maximum atomic E-state index is 12.3. The Morgan fingerprint density at radius 3 is 3.00 bits per heavy atom. The van der Waals surface area contributed by atoms with E-state index in [1.807, 2.05) is 25.3 Å².